The van der Waals surface area contributed by atoms with Crippen molar-refractivity contribution in [1.29, 1.82) is 0 Å². The molecule has 1 aliphatic rings. The third kappa shape index (κ3) is 4.62. The van der Waals surface area contributed by atoms with E-state index in [2.05, 4.69) is 25.8 Å². The van der Waals surface area contributed by atoms with Crippen molar-refractivity contribution in [3.8, 4) is 11.3 Å². The zero-order valence-electron chi connectivity index (χ0n) is 22.1. The highest BCUT2D eigenvalue weighted by molar-refractivity contribution is 5.94. The lowest BCUT2D eigenvalue weighted by atomic mass is 9.85. The van der Waals surface area contributed by atoms with Gasteiger partial charge in [0.05, 0.1) is 11.7 Å². The third-order valence-electron chi connectivity index (χ3n) is 5.24. The lowest BCUT2D eigenvalue weighted by Gasteiger charge is -2.29. The van der Waals surface area contributed by atoms with Crippen LogP contribution in [0.3, 0.4) is 0 Å². The molecule has 1 saturated carbocycles. The Balaban J connectivity index is 1.38. The molecule has 29 heavy (non-hydrogen) atoms. The highest BCUT2D eigenvalue weighted by atomic mass is 16.4. The Morgan fingerprint density at radius 1 is 1.21 bits per heavy atom. The van der Waals surface area contributed by atoms with Crippen LogP contribution in [0.4, 0.5) is 5.82 Å². The van der Waals surface area contributed by atoms with Gasteiger partial charge in [-0.05, 0) is 49.9 Å². The second kappa shape index (κ2) is 8.29. The van der Waals surface area contributed by atoms with E-state index in [-0.39, 0.29) is 17.9 Å². The SMILES string of the molecule is [2H]C([2H])([2H])C(NC1CCC(C(=O)Nc2cc3cc(-c4cnc(C)o4)ccc3nn2)CC1)C([2H])([2H])[2H]. The summed E-state index contributed by atoms with van der Waals surface area (Å²) in [6.07, 6.45) is 3.67. The van der Waals surface area contributed by atoms with E-state index in [0.717, 1.165) is 10.9 Å². The summed E-state index contributed by atoms with van der Waals surface area (Å²) in [6, 6.07) is 5.46. The van der Waals surface area contributed by atoms with Gasteiger partial charge in [-0.2, -0.15) is 0 Å². The van der Waals surface area contributed by atoms with Gasteiger partial charge in [-0.15, -0.1) is 10.2 Å². The maximum atomic E-state index is 12.8. The number of carbonyl (C=O) groups excluding carboxylic acids is 1. The normalized spacial score (nSPS) is 23.5. The molecule has 3 aromatic rings. The van der Waals surface area contributed by atoms with Gasteiger partial charge in [-0.1, -0.05) is 13.7 Å². The zero-order valence-corrected chi connectivity index (χ0v) is 16.1. The second-order valence-electron chi connectivity index (χ2n) is 7.38. The Hall–Kier alpha value is -2.80. The van der Waals surface area contributed by atoms with Crippen molar-refractivity contribution >= 4 is 22.6 Å². The van der Waals surface area contributed by atoms with Crippen molar-refractivity contribution < 1.29 is 17.4 Å². The Labute approximate surface area is 178 Å². The van der Waals surface area contributed by atoms with Gasteiger partial charge < -0.3 is 15.1 Å². The number of nitrogens with one attached hydrogen (secondary N) is 2. The van der Waals surface area contributed by atoms with Crippen LogP contribution in [0.1, 0.15) is 53.5 Å². The first-order chi connectivity index (χ1) is 16.4. The number of anilines is 1. The summed E-state index contributed by atoms with van der Waals surface area (Å²) >= 11 is 0. The summed E-state index contributed by atoms with van der Waals surface area (Å²) < 4.78 is 50.8. The molecule has 1 amide bonds. The molecule has 0 unspecified atom stereocenters. The van der Waals surface area contributed by atoms with Crippen LogP contribution < -0.4 is 10.6 Å². The van der Waals surface area contributed by atoms with E-state index in [4.69, 9.17) is 12.6 Å². The Kier molecular flexibility index (Phi) is 3.84. The number of oxazole rings is 1. The number of nitrogens with zero attached hydrogens (tertiary/aromatic N) is 3. The minimum Gasteiger partial charge on any atom is -0.441 e. The number of hydrogen-bond donors (Lipinski definition) is 2. The lowest BCUT2D eigenvalue weighted by Crippen LogP contribution is -2.39. The molecular formula is C22H27N5O2. The van der Waals surface area contributed by atoms with E-state index >= 15 is 0 Å². The average molecular weight is 400 g/mol. The number of aromatic nitrogens is 3. The van der Waals surface area contributed by atoms with Crippen LogP contribution in [0.2, 0.25) is 0 Å². The third-order valence-corrected chi connectivity index (χ3v) is 5.24. The molecule has 0 saturated heterocycles. The van der Waals surface area contributed by atoms with E-state index in [9.17, 15) is 4.79 Å². The van der Waals surface area contributed by atoms with Crippen LogP contribution in [-0.4, -0.2) is 33.2 Å². The lowest BCUT2D eigenvalue weighted by molar-refractivity contribution is -0.120. The summed E-state index contributed by atoms with van der Waals surface area (Å²) in [7, 11) is 0. The van der Waals surface area contributed by atoms with Crippen LogP contribution in [-0.2, 0) is 4.79 Å². The van der Waals surface area contributed by atoms with Crippen LogP contribution in [0.5, 0.6) is 0 Å². The molecule has 2 N–H and O–H groups in total. The van der Waals surface area contributed by atoms with Gasteiger partial charge in [0, 0.05) is 44.1 Å². The molecule has 2 aromatic heterocycles. The van der Waals surface area contributed by atoms with E-state index in [1.807, 2.05) is 18.2 Å². The molecule has 0 spiro atoms. The molecule has 1 aliphatic carbocycles. The highest BCUT2D eigenvalue weighted by Gasteiger charge is 2.26. The molecule has 1 aromatic carbocycles. The topological polar surface area (TPSA) is 92.9 Å². The molecule has 2 heterocycles. The minimum absolute atomic E-state index is 0.192. The van der Waals surface area contributed by atoms with Crippen molar-refractivity contribution in [1.82, 2.24) is 20.5 Å². The first-order valence-corrected chi connectivity index (χ1v) is 9.67. The summed E-state index contributed by atoms with van der Waals surface area (Å²) in [6.45, 7) is -3.51. The number of aryl methyl sites for hydroxylation is 1. The summed E-state index contributed by atoms with van der Waals surface area (Å²) in [5, 5.41) is 14.7. The molecule has 0 atom stereocenters. The molecule has 0 aliphatic heterocycles. The van der Waals surface area contributed by atoms with E-state index in [1.165, 1.54) is 0 Å². The Morgan fingerprint density at radius 2 is 2.03 bits per heavy atom. The predicted octanol–water partition coefficient (Wildman–Crippen LogP) is 4.09. The second-order valence-corrected chi connectivity index (χ2v) is 7.38. The molecule has 0 radical (unpaired) electrons. The smallest absolute Gasteiger partial charge is 0.228 e. The first-order valence-electron chi connectivity index (χ1n) is 12.7. The maximum Gasteiger partial charge on any atom is 0.228 e. The van der Waals surface area contributed by atoms with Gasteiger partial charge in [0.2, 0.25) is 5.91 Å². The predicted molar refractivity (Wildman–Crippen MR) is 112 cm³/mol. The molecular weight excluding hydrogens is 366 g/mol. The number of fused-ring (bicyclic) bond motifs is 1. The Bertz CT molecular complexity index is 1190. The number of benzene rings is 1. The average Bonchev–Trinajstić information content (AvgIpc) is 3.22. The summed E-state index contributed by atoms with van der Waals surface area (Å²) in [5.41, 5.74) is 1.51. The summed E-state index contributed by atoms with van der Waals surface area (Å²) in [5.74, 6) is 1.06. The first kappa shape index (κ1) is 13.4. The van der Waals surface area contributed by atoms with Crippen LogP contribution >= 0.6 is 0 Å². The van der Waals surface area contributed by atoms with Gasteiger partial charge in [0.1, 0.15) is 0 Å². The van der Waals surface area contributed by atoms with Gasteiger partial charge >= 0.3 is 0 Å². The van der Waals surface area contributed by atoms with Crippen LogP contribution in [0.25, 0.3) is 22.2 Å². The van der Waals surface area contributed by atoms with Gasteiger partial charge in [0.25, 0.3) is 0 Å². The standard InChI is InChI=1S/C22H27N5O2/c1-13(2)24-18-7-4-15(5-8-18)22(28)25-21-11-17-10-16(6-9-19(17)26-27-21)20-12-23-14(3)29-20/h6,9-13,15,18,24H,4-5,7-8H2,1-3H3,(H,25,27,28)/i1D3,2D3. The fraction of sp³-hybridized carbons (Fsp3) is 0.455. The number of amides is 1. The quantitative estimate of drug-likeness (QED) is 0.671. The van der Waals surface area contributed by atoms with Gasteiger partial charge in [-0.25, -0.2) is 4.98 Å². The number of hydrogen-bond acceptors (Lipinski definition) is 6. The molecule has 0 bridgehead atoms. The highest BCUT2D eigenvalue weighted by Crippen LogP contribution is 2.27. The monoisotopic (exact) mass is 399 g/mol. The van der Waals surface area contributed by atoms with Gasteiger partial charge in [-0.3, -0.25) is 4.79 Å². The number of carbonyl (C=O) groups is 1. The van der Waals surface area contributed by atoms with E-state index in [1.54, 1.807) is 19.2 Å². The zero-order chi connectivity index (χ0) is 25.4. The number of rotatable bonds is 5. The van der Waals surface area contributed by atoms with Gasteiger partial charge in [0.15, 0.2) is 17.5 Å². The van der Waals surface area contributed by atoms with Crippen molar-refractivity contribution in [2.45, 2.75) is 58.4 Å². The van der Waals surface area contributed by atoms with Crippen molar-refractivity contribution in [2.24, 2.45) is 5.92 Å². The van der Waals surface area contributed by atoms with Crippen LogP contribution in [0, 0.1) is 12.8 Å². The minimum atomic E-state index is -2.64. The molecule has 7 heteroatoms. The fourth-order valence-corrected chi connectivity index (χ4v) is 3.74. The Morgan fingerprint density at radius 3 is 2.76 bits per heavy atom. The maximum absolute atomic E-state index is 12.8. The molecule has 7 nitrogen and oxygen atoms in total. The largest absolute Gasteiger partial charge is 0.441 e. The fourth-order valence-electron chi connectivity index (χ4n) is 3.74. The van der Waals surface area contributed by atoms with E-state index in [0.29, 0.717) is 48.7 Å². The molecule has 4 rings (SSSR count). The van der Waals surface area contributed by atoms with Crippen molar-refractivity contribution in [3.63, 3.8) is 0 Å². The van der Waals surface area contributed by atoms with Crippen molar-refractivity contribution in [2.75, 3.05) is 5.32 Å². The summed E-state index contributed by atoms with van der Waals surface area (Å²) in [4.78, 5) is 17.0. The van der Waals surface area contributed by atoms with E-state index < -0.39 is 19.7 Å². The molecule has 1 fully saturated rings. The van der Waals surface area contributed by atoms with Crippen molar-refractivity contribution in [3.05, 3.63) is 36.4 Å². The van der Waals surface area contributed by atoms with Crippen LogP contribution in [0.15, 0.2) is 34.9 Å². The molecule has 152 valence electrons.